The van der Waals surface area contributed by atoms with Gasteiger partial charge >= 0.3 is 0 Å². The van der Waals surface area contributed by atoms with Crippen molar-refractivity contribution in [1.82, 2.24) is 10.1 Å². The molecular weight excluding hydrogens is 256 g/mol. The molecule has 0 N–H and O–H groups in total. The Morgan fingerprint density at radius 3 is 2.75 bits per heavy atom. The van der Waals surface area contributed by atoms with Crippen LogP contribution < -0.4 is 4.74 Å². The van der Waals surface area contributed by atoms with Crippen LogP contribution in [0.1, 0.15) is 0 Å². The first-order valence-corrected chi connectivity index (χ1v) is 6.87. The van der Waals surface area contributed by atoms with Crippen LogP contribution in [-0.4, -0.2) is 49.5 Å². The van der Waals surface area contributed by atoms with Gasteiger partial charge in [0.05, 0.1) is 13.2 Å². The summed E-state index contributed by atoms with van der Waals surface area (Å²) in [6, 6.07) is 11.7. The molecular formula is C15H18N2O3. The molecule has 0 saturated carbocycles. The smallest absolute Gasteiger partial charge is 0.254 e. The molecule has 0 aliphatic carbocycles. The van der Waals surface area contributed by atoms with E-state index < -0.39 is 0 Å². The molecule has 0 atom stereocenters. The van der Waals surface area contributed by atoms with Gasteiger partial charge in [0.1, 0.15) is 6.61 Å². The Morgan fingerprint density at radius 2 is 1.95 bits per heavy atom. The third-order valence-corrected chi connectivity index (χ3v) is 3.31. The summed E-state index contributed by atoms with van der Waals surface area (Å²) in [7, 11) is 0. The minimum Gasteiger partial charge on any atom is -0.474 e. The van der Waals surface area contributed by atoms with Gasteiger partial charge < -0.3 is 14.0 Å². The van der Waals surface area contributed by atoms with E-state index in [2.05, 4.69) is 10.1 Å². The third kappa shape index (κ3) is 3.37. The molecule has 2 heterocycles. The lowest BCUT2D eigenvalue weighted by Gasteiger charge is -2.26. The Balaban J connectivity index is 1.50. The fourth-order valence-corrected chi connectivity index (χ4v) is 2.17. The number of ether oxygens (including phenoxy) is 2. The lowest BCUT2D eigenvalue weighted by atomic mass is 10.2. The van der Waals surface area contributed by atoms with Crippen molar-refractivity contribution in [3.8, 4) is 17.2 Å². The number of nitrogens with zero attached hydrogens (tertiary/aromatic N) is 2. The molecule has 1 fully saturated rings. The average molecular weight is 274 g/mol. The number of hydrogen-bond donors (Lipinski definition) is 0. The van der Waals surface area contributed by atoms with Gasteiger partial charge in [-0.3, -0.25) is 4.90 Å². The first-order valence-electron chi connectivity index (χ1n) is 6.87. The summed E-state index contributed by atoms with van der Waals surface area (Å²) in [6.07, 6.45) is 0. The zero-order valence-corrected chi connectivity index (χ0v) is 11.3. The third-order valence-electron chi connectivity index (χ3n) is 3.31. The molecule has 5 nitrogen and oxygen atoms in total. The van der Waals surface area contributed by atoms with E-state index in [-0.39, 0.29) is 0 Å². The minimum absolute atomic E-state index is 0.539. The van der Waals surface area contributed by atoms with E-state index in [9.17, 15) is 0 Å². The Labute approximate surface area is 118 Å². The first kappa shape index (κ1) is 13.1. The summed E-state index contributed by atoms with van der Waals surface area (Å²) in [6.45, 7) is 5.05. The number of hydrogen-bond acceptors (Lipinski definition) is 5. The van der Waals surface area contributed by atoms with Crippen molar-refractivity contribution in [2.24, 2.45) is 0 Å². The molecule has 0 unspecified atom stereocenters. The maximum Gasteiger partial charge on any atom is 0.254 e. The molecule has 20 heavy (non-hydrogen) atoms. The molecule has 1 aliphatic rings. The number of rotatable bonds is 5. The van der Waals surface area contributed by atoms with E-state index in [4.69, 9.17) is 14.0 Å². The topological polar surface area (TPSA) is 47.7 Å². The lowest BCUT2D eigenvalue weighted by molar-refractivity contribution is 0.0318. The van der Waals surface area contributed by atoms with Crippen LogP contribution in [-0.2, 0) is 4.74 Å². The van der Waals surface area contributed by atoms with Crippen LogP contribution in [0.25, 0.3) is 11.3 Å². The highest BCUT2D eigenvalue weighted by molar-refractivity contribution is 5.57. The van der Waals surface area contributed by atoms with Crippen LogP contribution in [0.15, 0.2) is 40.9 Å². The molecule has 1 aromatic carbocycles. The zero-order chi connectivity index (χ0) is 13.6. The van der Waals surface area contributed by atoms with Gasteiger partial charge in [0.15, 0.2) is 5.76 Å². The molecule has 0 spiro atoms. The molecule has 1 saturated heterocycles. The summed E-state index contributed by atoms with van der Waals surface area (Å²) >= 11 is 0. The van der Waals surface area contributed by atoms with Gasteiger partial charge in [0.25, 0.3) is 5.88 Å². The predicted molar refractivity (Wildman–Crippen MR) is 74.7 cm³/mol. The first-order chi connectivity index (χ1) is 9.92. The summed E-state index contributed by atoms with van der Waals surface area (Å²) in [5.41, 5.74) is 1.00. The van der Waals surface area contributed by atoms with Gasteiger partial charge in [-0.1, -0.05) is 30.3 Å². The van der Waals surface area contributed by atoms with E-state index >= 15 is 0 Å². The Bertz CT molecular complexity index is 521. The van der Waals surface area contributed by atoms with Gasteiger partial charge in [-0.15, -0.1) is 0 Å². The lowest BCUT2D eigenvalue weighted by Crippen LogP contribution is -2.38. The second kappa shape index (κ2) is 6.54. The minimum atomic E-state index is 0.539. The summed E-state index contributed by atoms with van der Waals surface area (Å²) in [4.78, 5) is 2.32. The molecule has 0 amide bonds. The summed E-state index contributed by atoms with van der Waals surface area (Å²) in [5.74, 6) is 1.27. The van der Waals surface area contributed by atoms with E-state index in [1.54, 1.807) is 0 Å². The number of aromatic nitrogens is 1. The van der Waals surface area contributed by atoms with Crippen molar-refractivity contribution in [2.75, 3.05) is 39.5 Å². The normalized spacial score (nSPS) is 16.2. The van der Waals surface area contributed by atoms with Crippen LogP contribution in [0.3, 0.4) is 0 Å². The monoisotopic (exact) mass is 274 g/mol. The summed E-state index contributed by atoms with van der Waals surface area (Å²) in [5, 5.41) is 3.93. The van der Waals surface area contributed by atoms with Gasteiger partial charge in [-0.2, -0.15) is 0 Å². The van der Waals surface area contributed by atoms with Crippen molar-refractivity contribution in [2.45, 2.75) is 0 Å². The maximum atomic E-state index is 5.62. The quantitative estimate of drug-likeness (QED) is 0.835. The fourth-order valence-electron chi connectivity index (χ4n) is 2.17. The fraction of sp³-hybridized carbons (Fsp3) is 0.400. The van der Waals surface area contributed by atoms with E-state index in [1.165, 1.54) is 0 Å². The van der Waals surface area contributed by atoms with Gasteiger partial charge in [-0.05, 0) is 5.16 Å². The standard InChI is InChI=1S/C15H18N2O3/c1-2-4-13(5-3-1)14-12-15(16-20-14)19-11-8-17-6-9-18-10-7-17/h1-5,12H,6-11H2. The van der Waals surface area contributed by atoms with Crippen molar-refractivity contribution in [3.05, 3.63) is 36.4 Å². The highest BCUT2D eigenvalue weighted by Crippen LogP contribution is 2.22. The Morgan fingerprint density at radius 1 is 1.15 bits per heavy atom. The summed E-state index contributed by atoms with van der Waals surface area (Å²) < 4.78 is 16.2. The highest BCUT2D eigenvalue weighted by atomic mass is 16.5. The second-order valence-electron chi connectivity index (χ2n) is 4.70. The van der Waals surface area contributed by atoms with Crippen LogP contribution in [0.2, 0.25) is 0 Å². The Kier molecular flexibility index (Phi) is 4.30. The van der Waals surface area contributed by atoms with Gasteiger partial charge in [-0.25, -0.2) is 0 Å². The predicted octanol–water partition coefficient (Wildman–Crippen LogP) is 2.05. The largest absolute Gasteiger partial charge is 0.474 e. The van der Waals surface area contributed by atoms with Crippen LogP contribution in [0.5, 0.6) is 5.88 Å². The molecule has 1 aromatic heterocycles. The molecule has 5 heteroatoms. The van der Waals surface area contributed by atoms with Crippen molar-refractivity contribution in [1.29, 1.82) is 0 Å². The van der Waals surface area contributed by atoms with Crippen molar-refractivity contribution < 1.29 is 14.0 Å². The molecule has 3 rings (SSSR count). The second-order valence-corrected chi connectivity index (χ2v) is 4.70. The van der Waals surface area contributed by atoms with E-state index in [0.29, 0.717) is 12.5 Å². The van der Waals surface area contributed by atoms with Crippen molar-refractivity contribution >= 4 is 0 Å². The number of morpholine rings is 1. The van der Waals surface area contributed by atoms with Crippen LogP contribution in [0, 0.1) is 0 Å². The maximum absolute atomic E-state index is 5.62. The SMILES string of the molecule is c1ccc(-c2cc(OCCN3CCOCC3)no2)cc1. The van der Waals surface area contributed by atoms with Crippen molar-refractivity contribution in [3.63, 3.8) is 0 Å². The van der Waals surface area contributed by atoms with Crippen LogP contribution >= 0.6 is 0 Å². The molecule has 2 aromatic rings. The van der Waals surface area contributed by atoms with E-state index in [1.807, 2.05) is 36.4 Å². The molecule has 0 bridgehead atoms. The zero-order valence-electron chi connectivity index (χ0n) is 11.3. The molecule has 106 valence electrons. The van der Waals surface area contributed by atoms with Gasteiger partial charge in [0.2, 0.25) is 0 Å². The van der Waals surface area contributed by atoms with Gasteiger partial charge in [0, 0.05) is 31.3 Å². The molecule has 0 radical (unpaired) electrons. The average Bonchev–Trinajstić information content (AvgIpc) is 2.98. The van der Waals surface area contributed by atoms with E-state index in [0.717, 1.165) is 44.2 Å². The number of benzene rings is 1. The Hall–Kier alpha value is -1.85. The highest BCUT2D eigenvalue weighted by Gasteiger charge is 2.11. The van der Waals surface area contributed by atoms with Crippen LogP contribution in [0.4, 0.5) is 0 Å². The molecule has 1 aliphatic heterocycles.